The van der Waals surface area contributed by atoms with Crippen molar-refractivity contribution in [2.75, 3.05) is 26.1 Å². The maximum absolute atomic E-state index is 13.2. The summed E-state index contributed by atoms with van der Waals surface area (Å²) < 4.78 is 18.6. The van der Waals surface area contributed by atoms with E-state index < -0.39 is 5.95 Å². The summed E-state index contributed by atoms with van der Waals surface area (Å²) in [5.74, 6) is 0.286. The van der Waals surface area contributed by atoms with Gasteiger partial charge in [-0.15, -0.1) is 0 Å². The summed E-state index contributed by atoms with van der Waals surface area (Å²) in [5, 5.41) is 0.798. The minimum Gasteiger partial charge on any atom is -0.495 e. The second kappa shape index (κ2) is 5.29. The maximum atomic E-state index is 13.2. The number of nitrogens with zero attached hydrogens (tertiary/aromatic N) is 3. The molecule has 0 atom stereocenters. The molecule has 0 amide bonds. The third-order valence-corrected chi connectivity index (χ3v) is 4.14. The van der Waals surface area contributed by atoms with Crippen LogP contribution in [0.2, 0.25) is 0 Å². The molecule has 21 heavy (non-hydrogen) atoms. The van der Waals surface area contributed by atoms with E-state index in [-0.39, 0.29) is 0 Å². The second-order valence-electron chi connectivity index (χ2n) is 4.76. The van der Waals surface area contributed by atoms with Crippen LogP contribution in [0, 0.1) is 5.95 Å². The van der Waals surface area contributed by atoms with Crippen molar-refractivity contribution in [3.63, 3.8) is 0 Å². The van der Waals surface area contributed by atoms with Gasteiger partial charge in [-0.2, -0.15) is 4.39 Å². The van der Waals surface area contributed by atoms with Crippen LogP contribution in [-0.2, 0) is 0 Å². The van der Waals surface area contributed by atoms with Crippen LogP contribution in [0.1, 0.15) is 0 Å². The van der Waals surface area contributed by atoms with E-state index in [4.69, 9.17) is 4.74 Å². The monoisotopic (exact) mass is 303 g/mol. The Hall–Kier alpha value is -2.21. The first-order valence-corrected chi connectivity index (χ1v) is 7.19. The van der Waals surface area contributed by atoms with Crippen molar-refractivity contribution in [3.05, 3.63) is 36.3 Å². The molecule has 3 aromatic rings. The van der Waals surface area contributed by atoms with Crippen LogP contribution in [0.4, 0.5) is 10.1 Å². The zero-order valence-electron chi connectivity index (χ0n) is 11.9. The number of methoxy groups -OCH3 is 1. The van der Waals surface area contributed by atoms with Crippen LogP contribution in [0.3, 0.4) is 0 Å². The van der Waals surface area contributed by atoms with Gasteiger partial charge in [0.05, 0.1) is 12.8 Å². The zero-order chi connectivity index (χ0) is 15.0. The molecule has 0 N–H and O–H groups in total. The highest BCUT2D eigenvalue weighted by atomic mass is 32.1. The molecule has 6 heteroatoms. The summed E-state index contributed by atoms with van der Waals surface area (Å²) in [5.41, 5.74) is 2.62. The Morgan fingerprint density at radius 3 is 2.67 bits per heavy atom. The number of hydrogen-bond acceptors (Lipinski definition) is 5. The van der Waals surface area contributed by atoms with Crippen molar-refractivity contribution >= 4 is 27.4 Å². The van der Waals surface area contributed by atoms with E-state index in [1.54, 1.807) is 13.2 Å². The molecule has 0 aliphatic heterocycles. The molecular formula is C15H14FN3OS. The Kier molecular flexibility index (Phi) is 3.47. The topological polar surface area (TPSA) is 38.3 Å². The summed E-state index contributed by atoms with van der Waals surface area (Å²) >= 11 is 1.37. The molecule has 0 saturated carbocycles. The molecule has 2 heterocycles. The van der Waals surface area contributed by atoms with Gasteiger partial charge in [-0.25, -0.2) is 9.97 Å². The van der Waals surface area contributed by atoms with E-state index in [0.29, 0.717) is 10.3 Å². The Morgan fingerprint density at radius 1 is 1.14 bits per heavy atom. The molecular weight excluding hydrogens is 289 g/mol. The number of rotatable bonds is 3. The van der Waals surface area contributed by atoms with Gasteiger partial charge in [0.1, 0.15) is 21.1 Å². The first-order chi connectivity index (χ1) is 10.1. The molecule has 0 spiro atoms. The Morgan fingerprint density at radius 2 is 1.95 bits per heavy atom. The van der Waals surface area contributed by atoms with Crippen molar-refractivity contribution in [1.82, 2.24) is 9.97 Å². The normalized spacial score (nSPS) is 10.9. The minimum atomic E-state index is -0.488. The lowest BCUT2D eigenvalue weighted by atomic mass is 10.2. The Balaban J connectivity index is 2.09. The predicted molar refractivity (Wildman–Crippen MR) is 83.7 cm³/mol. The molecule has 2 aromatic heterocycles. The summed E-state index contributed by atoms with van der Waals surface area (Å²) in [6.45, 7) is 0. The van der Waals surface area contributed by atoms with E-state index in [1.807, 2.05) is 37.2 Å². The highest BCUT2D eigenvalue weighted by Gasteiger charge is 2.12. The first-order valence-electron chi connectivity index (χ1n) is 6.37. The van der Waals surface area contributed by atoms with Gasteiger partial charge in [0, 0.05) is 19.7 Å². The lowest BCUT2D eigenvalue weighted by Gasteiger charge is -2.16. The standard InChI is InChI=1S/C15H14FN3OS/c1-19(2)11-6-4-9(8-12(11)20-3)14-17-10-5-7-13(16)18-15(10)21-14/h4-8H,1-3H3. The molecule has 4 nitrogen and oxygen atoms in total. The van der Waals surface area contributed by atoms with Crippen LogP contribution in [-0.4, -0.2) is 31.2 Å². The Bertz CT molecular complexity index is 801. The number of aromatic nitrogens is 2. The minimum absolute atomic E-state index is 0.488. The number of benzene rings is 1. The van der Waals surface area contributed by atoms with Gasteiger partial charge < -0.3 is 9.64 Å². The molecule has 0 bridgehead atoms. The molecule has 108 valence electrons. The largest absolute Gasteiger partial charge is 0.495 e. The van der Waals surface area contributed by atoms with Gasteiger partial charge >= 0.3 is 0 Å². The zero-order valence-corrected chi connectivity index (χ0v) is 12.7. The molecule has 1 aromatic carbocycles. The number of pyridine rings is 1. The van der Waals surface area contributed by atoms with Gasteiger partial charge in [0.2, 0.25) is 5.95 Å². The third kappa shape index (κ3) is 2.54. The molecule has 0 aliphatic rings. The fraction of sp³-hybridized carbons (Fsp3) is 0.200. The smallest absolute Gasteiger partial charge is 0.214 e. The van der Waals surface area contributed by atoms with Crippen LogP contribution in [0.25, 0.3) is 20.9 Å². The predicted octanol–water partition coefficient (Wildman–Crippen LogP) is 3.57. The summed E-state index contributed by atoms with van der Waals surface area (Å²) in [6, 6.07) is 8.86. The third-order valence-electron chi connectivity index (χ3n) is 3.13. The lowest BCUT2D eigenvalue weighted by molar-refractivity contribution is 0.415. The van der Waals surface area contributed by atoms with Gasteiger partial charge in [0.15, 0.2) is 0 Å². The fourth-order valence-electron chi connectivity index (χ4n) is 2.10. The second-order valence-corrected chi connectivity index (χ2v) is 5.74. The molecule has 3 rings (SSSR count). The molecule has 0 radical (unpaired) electrons. The first kappa shape index (κ1) is 13.8. The molecule has 0 unspecified atom stereocenters. The molecule has 0 fully saturated rings. The van der Waals surface area contributed by atoms with Crippen LogP contribution >= 0.6 is 11.3 Å². The number of anilines is 1. The van der Waals surface area contributed by atoms with Crippen LogP contribution < -0.4 is 9.64 Å². The number of thiazole rings is 1. The van der Waals surface area contributed by atoms with Crippen molar-refractivity contribution < 1.29 is 9.13 Å². The highest BCUT2D eigenvalue weighted by molar-refractivity contribution is 7.21. The number of fused-ring (bicyclic) bond motifs is 1. The summed E-state index contributed by atoms with van der Waals surface area (Å²) in [4.78, 5) is 10.9. The number of hydrogen-bond donors (Lipinski definition) is 0. The van der Waals surface area contributed by atoms with Crippen molar-refractivity contribution in [2.24, 2.45) is 0 Å². The average molecular weight is 303 g/mol. The number of halogens is 1. The fourth-order valence-corrected chi connectivity index (χ4v) is 3.02. The molecule has 0 saturated heterocycles. The van der Waals surface area contributed by atoms with Gasteiger partial charge in [-0.05, 0) is 30.3 Å². The van der Waals surface area contributed by atoms with Crippen molar-refractivity contribution in [2.45, 2.75) is 0 Å². The van der Waals surface area contributed by atoms with Crippen molar-refractivity contribution in [3.8, 4) is 16.3 Å². The van der Waals surface area contributed by atoms with E-state index in [1.165, 1.54) is 17.4 Å². The lowest BCUT2D eigenvalue weighted by Crippen LogP contribution is -2.09. The number of ether oxygens (including phenoxy) is 1. The van der Waals surface area contributed by atoms with E-state index >= 15 is 0 Å². The average Bonchev–Trinajstić information content (AvgIpc) is 2.89. The SMILES string of the molecule is COc1cc(-c2nc3ccc(F)nc3s2)ccc1N(C)C. The van der Waals surface area contributed by atoms with E-state index in [2.05, 4.69) is 9.97 Å². The Labute approximate surface area is 125 Å². The van der Waals surface area contributed by atoms with Gasteiger partial charge in [-0.3, -0.25) is 0 Å². The molecule has 0 aliphatic carbocycles. The highest BCUT2D eigenvalue weighted by Crippen LogP contribution is 2.35. The van der Waals surface area contributed by atoms with E-state index in [0.717, 1.165) is 22.0 Å². The van der Waals surface area contributed by atoms with Crippen molar-refractivity contribution in [1.29, 1.82) is 0 Å². The maximum Gasteiger partial charge on any atom is 0.214 e. The van der Waals surface area contributed by atoms with Crippen LogP contribution in [0.15, 0.2) is 30.3 Å². The van der Waals surface area contributed by atoms with E-state index in [9.17, 15) is 4.39 Å². The van der Waals surface area contributed by atoms with Gasteiger partial charge in [-0.1, -0.05) is 11.3 Å². The van der Waals surface area contributed by atoms with Gasteiger partial charge in [0.25, 0.3) is 0 Å². The summed E-state index contributed by atoms with van der Waals surface area (Å²) in [6.07, 6.45) is 0. The quantitative estimate of drug-likeness (QED) is 0.693. The summed E-state index contributed by atoms with van der Waals surface area (Å²) in [7, 11) is 5.56. The van der Waals surface area contributed by atoms with Crippen LogP contribution in [0.5, 0.6) is 5.75 Å².